The minimum absolute atomic E-state index is 0.0294. The highest BCUT2D eigenvalue weighted by atomic mass is 19.2. The van der Waals surface area contributed by atoms with Gasteiger partial charge in [-0.05, 0) is 87.2 Å². The summed E-state index contributed by atoms with van der Waals surface area (Å²) in [4.78, 5) is 0. The first-order valence-electron chi connectivity index (χ1n) is 13.6. The maximum atomic E-state index is 15.1. The number of hydrogen-bond acceptors (Lipinski definition) is 2. The highest BCUT2D eigenvalue weighted by Gasteiger charge is 2.28. The van der Waals surface area contributed by atoms with Gasteiger partial charge in [0.25, 0.3) is 0 Å². The van der Waals surface area contributed by atoms with Crippen molar-refractivity contribution in [3.63, 3.8) is 0 Å². The molecule has 1 heterocycles. The van der Waals surface area contributed by atoms with Crippen LogP contribution in [-0.4, -0.2) is 19.5 Å². The Labute approximate surface area is 212 Å². The third-order valence-electron chi connectivity index (χ3n) is 8.05. The molecule has 1 aliphatic carbocycles. The van der Waals surface area contributed by atoms with Crippen molar-refractivity contribution in [1.82, 2.24) is 0 Å². The molecule has 0 bridgehead atoms. The van der Waals surface area contributed by atoms with Crippen LogP contribution in [0.2, 0.25) is 0 Å². The molecular weight excluding hydrogens is 468 g/mol. The van der Waals surface area contributed by atoms with Crippen LogP contribution in [0.15, 0.2) is 24.3 Å². The van der Waals surface area contributed by atoms with Crippen LogP contribution in [0.3, 0.4) is 0 Å². The summed E-state index contributed by atoms with van der Waals surface area (Å²) in [6.45, 7) is 5.21. The molecule has 36 heavy (non-hydrogen) atoms. The smallest absolute Gasteiger partial charge is 0.167 e. The molecule has 2 unspecified atom stereocenters. The first kappa shape index (κ1) is 27.1. The zero-order chi connectivity index (χ0) is 25.7. The SMILES string of the molecule is CCCC1CCC(c2ccc(-c3ccc(CCC4CCC(OCC)OC4)c(F)c3F)c(F)c2F)CC1. The van der Waals surface area contributed by atoms with Gasteiger partial charge < -0.3 is 9.47 Å². The number of rotatable bonds is 9. The summed E-state index contributed by atoms with van der Waals surface area (Å²) < 4.78 is 71.3. The molecule has 2 atom stereocenters. The Kier molecular flexibility index (Phi) is 9.46. The Morgan fingerprint density at radius 3 is 2.06 bits per heavy atom. The van der Waals surface area contributed by atoms with Gasteiger partial charge in [0.05, 0.1) is 6.61 Å². The van der Waals surface area contributed by atoms with Crippen molar-refractivity contribution in [2.45, 2.75) is 90.3 Å². The van der Waals surface area contributed by atoms with Gasteiger partial charge in [-0.1, -0.05) is 44.0 Å². The van der Waals surface area contributed by atoms with Gasteiger partial charge in [0.2, 0.25) is 0 Å². The van der Waals surface area contributed by atoms with Crippen LogP contribution in [0.4, 0.5) is 17.6 Å². The van der Waals surface area contributed by atoms with Gasteiger partial charge in [-0.3, -0.25) is 0 Å². The Bertz CT molecular complexity index is 1010. The van der Waals surface area contributed by atoms with E-state index in [0.29, 0.717) is 37.5 Å². The van der Waals surface area contributed by atoms with Gasteiger partial charge in [0.1, 0.15) is 0 Å². The second-order valence-electron chi connectivity index (χ2n) is 10.4. The predicted molar refractivity (Wildman–Crippen MR) is 134 cm³/mol. The molecule has 0 aromatic heterocycles. The van der Waals surface area contributed by atoms with Crippen molar-refractivity contribution in [2.24, 2.45) is 11.8 Å². The summed E-state index contributed by atoms with van der Waals surface area (Å²) in [5.74, 6) is -3.27. The van der Waals surface area contributed by atoms with E-state index in [2.05, 4.69) is 6.92 Å². The molecule has 1 saturated heterocycles. The molecule has 0 amide bonds. The van der Waals surface area contributed by atoms with Crippen LogP contribution in [0.1, 0.15) is 88.7 Å². The Hall–Kier alpha value is -1.92. The van der Waals surface area contributed by atoms with E-state index in [1.807, 2.05) is 6.92 Å². The van der Waals surface area contributed by atoms with E-state index < -0.39 is 23.3 Å². The molecule has 198 valence electrons. The molecular formula is C30H38F4O2. The number of ether oxygens (including phenoxy) is 2. The summed E-state index contributed by atoms with van der Waals surface area (Å²) in [6.07, 6.45) is 8.53. The van der Waals surface area contributed by atoms with Crippen molar-refractivity contribution < 1.29 is 27.0 Å². The molecule has 2 nitrogen and oxygen atoms in total. The summed E-state index contributed by atoms with van der Waals surface area (Å²) in [5.41, 5.74) is 0.113. The standard InChI is InChI=1S/C30H38F4O2/c1-3-5-19-6-10-21(11-7-19)23-15-16-25(30(34)28(23)32)24-14-13-22(27(31)29(24)33)12-8-20-9-17-26(35-4-2)36-18-20/h13-16,19-21,26H,3-12,17-18H2,1-2H3. The molecule has 6 heteroatoms. The van der Waals surface area contributed by atoms with Gasteiger partial charge >= 0.3 is 0 Å². The van der Waals surface area contributed by atoms with Crippen molar-refractivity contribution in [1.29, 1.82) is 0 Å². The first-order valence-corrected chi connectivity index (χ1v) is 13.6. The molecule has 0 N–H and O–H groups in total. The van der Waals surface area contributed by atoms with E-state index in [-0.39, 0.29) is 34.8 Å². The molecule has 2 aromatic carbocycles. The molecule has 2 aromatic rings. The zero-order valence-electron chi connectivity index (χ0n) is 21.4. The summed E-state index contributed by atoms with van der Waals surface area (Å²) >= 11 is 0. The van der Waals surface area contributed by atoms with Crippen LogP contribution in [-0.2, 0) is 15.9 Å². The average molecular weight is 507 g/mol. The fourth-order valence-corrected chi connectivity index (χ4v) is 5.94. The lowest BCUT2D eigenvalue weighted by molar-refractivity contribution is -0.173. The van der Waals surface area contributed by atoms with Gasteiger partial charge in [-0.25, -0.2) is 17.6 Å². The van der Waals surface area contributed by atoms with Crippen LogP contribution < -0.4 is 0 Å². The Morgan fingerprint density at radius 1 is 0.750 bits per heavy atom. The lowest BCUT2D eigenvalue weighted by Crippen LogP contribution is -2.28. The van der Waals surface area contributed by atoms with Gasteiger partial charge in [0, 0.05) is 17.7 Å². The fraction of sp³-hybridized carbons (Fsp3) is 0.600. The second-order valence-corrected chi connectivity index (χ2v) is 10.4. The number of halogens is 4. The Morgan fingerprint density at radius 2 is 1.42 bits per heavy atom. The van der Waals surface area contributed by atoms with E-state index in [0.717, 1.165) is 44.9 Å². The first-order chi connectivity index (χ1) is 17.4. The lowest BCUT2D eigenvalue weighted by Gasteiger charge is -2.29. The van der Waals surface area contributed by atoms with Crippen molar-refractivity contribution in [2.75, 3.05) is 13.2 Å². The quantitative estimate of drug-likeness (QED) is 0.317. The number of aryl methyl sites for hydroxylation is 1. The van der Waals surface area contributed by atoms with E-state index in [1.165, 1.54) is 24.6 Å². The predicted octanol–water partition coefficient (Wildman–Crippen LogP) is 8.71. The third kappa shape index (κ3) is 6.13. The topological polar surface area (TPSA) is 18.5 Å². The second kappa shape index (κ2) is 12.6. The van der Waals surface area contributed by atoms with Crippen molar-refractivity contribution in [3.05, 3.63) is 58.7 Å². The summed E-state index contributed by atoms with van der Waals surface area (Å²) in [6, 6.07) is 5.81. The fourth-order valence-electron chi connectivity index (χ4n) is 5.94. The minimum atomic E-state index is -1.13. The largest absolute Gasteiger partial charge is 0.353 e. The van der Waals surface area contributed by atoms with Crippen molar-refractivity contribution in [3.8, 4) is 11.1 Å². The molecule has 2 aliphatic rings. The molecule has 1 saturated carbocycles. The molecule has 0 spiro atoms. The normalized spacial score (nSPS) is 24.7. The number of benzene rings is 2. The zero-order valence-corrected chi connectivity index (χ0v) is 21.4. The maximum Gasteiger partial charge on any atom is 0.167 e. The van der Waals surface area contributed by atoms with Crippen LogP contribution in [0.25, 0.3) is 11.1 Å². The van der Waals surface area contributed by atoms with Gasteiger partial charge in [-0.2, -0.15) is 0 Å². The molecule has 2 fully saturated rings. The van der Waals surface area contributed by atoms with Gasteiger partial charge in [0.15, 0.2) is 29.6 Å². The summed E-state index contributed by atoms with van der Waals surface area (Å²) in [7, 11) is 0. The monoisotopic (exact) mass is 506 g/mol. The van der Waals surface area contributed by atoms with Crippen molar-refractivity contribution >= 4 is 0 Å². The molecule has 4 rings (SSSR count). The minimum Gasteiger partial charge on any atom is -0.353 e. The highest BCUT2D eigenvalue weighted by molar-refractivity contribution is 5.66. The highest BCUT2D eigenvalue weighted by Crippen LogP contribution is 2.40. The third-order valence-corrected chi connectivity index (χ3v) is 8.05. The van der Waals surface area contributed by atoms with E-state index in [9.17, 15) is 4.39 Å². The molecule has 1 aliphatic heterocycles. The summed E-state index contributed by atoms with van der Waals surface area (Å²) in [5, 5.41) is 0. The number of hydrogen-bond donors (Lipinski definition) is 0. The molecule has 0 radical (unpaired) electrons. The average Bonchev–Trinajstić information content (AvgIpc) is 2.89. The van der Waals surface area contributed by atoms with Crippen LogP contribution >= 0.6 is 0 Å². The van der Waals surface area contributed by atoms with E-state index >= 15 is 13.2 Å². The van der Waals surface area contributed by atoms with Crippen LogP contribution in [0, 0.1) is 35.1 Å². The van der Waals surface area contributed by atoms with Crippen LogP contribution in [0.5, 0.6) is 0 Å². The van der Waals surface area contributed by atoms with E-state index in [1.54, 1.807) is 6.07 Å². The lowest BCUT2D eigenvalue weighted by atomic mass is 9.77. The Balaban J connectivity index is 1.43. The van der Waals surface area contributed by atoms with Gasteiger partial charge in [-0.15, -0.1) is 0 Å². The van der Waals surface area contributed by atoms with E-state index in [4.69, 9.17) is 9.47 Å². The maximum absolute atomic E-state index is 15.1.